The quantitative estimate of drug-likeness (QED) is 0.706. The number of hydrogen-bond acceptors (Lipinski definition) is 3. The van der Waals surface area contributed by atoms with Crippen molar-refractivity contribution in [3.63, 3.8) is 0 Å². The Morgan fingerprint density at radius 3 is 3.10 bits per heavy atom. The van der Waals surface area contributed by atoms with E-state index in [0.29, 0.717) is 22.9 Å². The minimum Gasteiger partial charge on any atom is -0.343 e. The molecule has 4 nitrogen and oxygen atoms in total. The monoisotopic (exact) mass is 383 g/mol. The van der Waals surface area contributed by atoms with Crippen LogP contribution in [0.3, 0.4) is 0 Å². The number of fused-ring (bicyclic) bond motifs is 1. The smallest absolute Gasteiger partial charge is 0.272 e. The Bertz CT molecular complexity index is 827. The SMILES string of the molecule is CCn1cc(Br)cc1C(=O)Nc1c(Cl)ccc2scnc12. The molecule has 0 radical (unpaired) electrons. The van der Waals surface area contributed by atoms with Crippen LogP contribution in [0.15, 0.2) is 34.4 Å². The number of carbonyl (C=O) groups excluding carboxylic acids is 1. The second-order valence-corrected chi connectivity index (χ2v) is 6.61. The van der Waals surface area contributed by atoms with Crippen molar-refractivity contribution in [3.05, 3.63) is 45.1 Å². The number of nitrogens with zero attached hydrogens (tertiary/aromatic N) is 2. The number of rotatable bonds is 3. The number of aromatic nitrogens is 2. The lowest BCUT2D eigenvalue weighted by molar-refractivity contribution is 0.101. The summed E-state index contributed by atoms with van der Waals surface area (Å²) in [6.07, 6.45) is 1.87. The molecule has 1 amide bonds. The third kappa shape index (κ3) is 2.71. The molecule has 0 unspecified atom stereocenters. The molecule has 1 N–H and O–H groups in total. The topological polar surface area (TPSA) is 46.9 Å². The molecule has 0 fully saturated rings. The first-order valence-corrected chi connectivity index (χ1v) is 8.34. The Morgan fingerprint density at radius 2 is 2.33 bits per heavy atom. The lowest BCUT2D eigenvalue weighted by Gasteiger charge is -2.09. The van der Waals surface area contributed by atoms with Crippen LogP contribution in [0.1, 0.15) is 17.4 Å². The van der Waals surface area contributed by atoms with E-state index >= 15 is 0 Å². The highest BCUT2D eigenvalue weighted by atomic mass is 79.9. The highest BCUT2D eigenvalue weighted by molar-refractivity contribution is 9.10. The summed E-state index contributed by atoms with van der Waals surface area (Å²) in [5, 5.41) is 3.36. The summed E-state index contributed by atoms with van der Waals surface area (Å²) >= 11 is 11.1. The highest BCUT2D eigenvalue weighted by Crippen LogP contribution is 2.32. The molecule has 3 aromatic rings. The maximum Gasteiger partial charge on any atom is 0.272 e. The lowest BCUT2D eigenvalue weighted by atomic mass is 10.2. The van der Waals surface area contributed by atoms with Crippen LogP contribution in [0.5, 0.6) is 0 Å². The van der Waals surface area contributed by atoms with Crippen molar-refractivity contribution in [1.82, 2.24) is 9.55 Å². The van der Waals surface area contributed by atoms with Crippen LogP contribution in [-0.4, -0.2) is 15.5 Å². The van der Waals surface area contributed by atoms with E-state index in [0.717, 1.165) is 14.7 Å². The van der Waals surface area contributed by atoms with Crippen LogP contribution >= 0.6 is 38.9 Å². The number of halogens is 2. The summed E-state index contributed by atoms with van der Waals surface area (Å²) < 4.78 is 3.73. The van der Waals surface area contributed by atoms with Gasteiger partial charge in [0.2, 0.25) is 0 Å². The Labute approximate surface area is 138 Å². The molecule has 2 aromatic heterocycles. The van der Waals surface area contributed by atoms with Crippen molar-refractivity contribution >= 4 is 60.7 Å². The summed E-state index contributed by atoms with van der Waals surface area (Å²) in [4.78, 5) is 16.8. The van der Waals surface area contributed by atoms with Gasteiger partial charge in [-0.2, -0.15) is 0 Å². The largest absolute Gasteiger partial charge is 0.343 e. The van der Waals surface area contributed by atoms with Gasteiger partial charge in [0.1, 0.15) is 11.2 Å². The van der Waals surface area contributed by atoms with Crippen molar-refractivity contribution in [2.24, 2.45) is 0 Å². The highest BCUT2D eigenvalue weighted by Gasteiger charge is 2.16. The van der Waals surface area contributed by atoms with Gasteiger partial charge in [0.25, 0.3) is 5.91 Å². The molecule has 0 spiro atoms. The van der Waals surface area contributed by atoms with E-state index in [-0.39, 0.29) is 5.91 Å². The summed E-state index contributed by atoms with van der Waals surface area (Å²) in [5.41, 5.74) is 3.59. The molecule has 108 valence electrons. The van der Waals surface area contributed by atoms with E-state index < -0.39 is 0 Å². The number of nitrogens with one attached hydrogen (secondary N) is 1. The Hall–Kier alpha value is -1.37. The van der Waals surface area contributed by atoms with Gasteiger partial charge < -0.3 is 9.88 Å². The van der Waals surface area contributed by atoms with E-state index in [2.05, 4.69) is 26.2 Å². The molecule has 21 heavy (non-hydrogen) atoms. The number of hydrogen-bond donors (Lipinski definition) is 1. The van der Waals surface area contributed by atoms with Crippen molar-refractivity contribution in [2.45, 2.75) is 13.5 Å². The fraction of sp³-hybridized carbons (Fsp3) is 0.143. The van der Waals surface area contributed by atoms with E-state index in [1.165, 1.54) is 11.3 Å². The number of thiazole rings is 1. The molecule has 0 bridgehead atoms. The van der Waals surface area contributed by atoms with Crippen LogP contribution in [0.2, 0.25) is 5.02 Å². The van der Waals surface area contributed by atoms with E-state index in [9.17, 15) is 4.79 Å². The van der Waals surface area contributed by atoms with Crippen molar-refractivity contribution in [3.8, 4) is 0 Å². The zero-order valence-electron chi connectivity index (χ0n) is 11.1. The number of carbonyl (C=O) groups is 1. The van der Waals surface area contributed by atoms with Crippen LogP contribution in [-0.2, 0) is 6.54 Å². The number of amides is 1. The van der Waals surface area contributed by atoms with Crippen molar-refractivity contribution in [1.29, 1.82) is 0 Å². The van der Waals surface area contributed by atoms with Gasteiger partial charge >= 0.3 is 0 Å². The first-order valence-electron chi connectivity index (χ1n) is 6.29. The van der Waals surface area contributed by atoms with Gasteiger partial charge in [-0.05, 0) is 41.1 Å². The van der Waals surface area contributed by atoms with E-state index in [1.54, 1.807) is 17.6 Å². The molecule has 0 aliphatic rings. The molecule has 0 aliphatic carbocycles. The summed E-state index contributed by atoms with van der Waals surface area (Å²) in [6, 6.07) is 5.46. The summed E-state index contributed by atoms with van der Waals surface area (Å²) in [5.74, 6) is -0.204. The minimum atomic E-state index is -0.204. The van der Waals surface area contributed by atoms with Crippen LogP contribution in [0.25, 0.3) is 10.2 Å². The molecule has 2 heterocycles. The van der Waals surface area contributed by atoms with Crippen molar-refractivity contribution < 1.29 is 4.79 Å². The molecule has 1 aromatic carbocycles. The average molecular weight is 385 g/mol. The third-order valence-electron chi connectivity index (χ3n) is 3.13. The van der Waals surface area contributed by atoms with Gasteiger partial charge in [0.05, 0.1) is 20.9 Å². The first-order chi connectivity index (χ1) is 10.1. The van der Waals surface area contributed by atoms with Gasteiger partial charge in [0.15, 0.2) is 0 Å². The van der Waals surface area contributed by atoms with E-state index in [1.807, 2.05) is 23.8 Å². The van der Waals surface area contributed by atoms with Gasteiger partial charge in [-0.1, -0.05) is 11.6 Å². The normalized spacial score (nSPS) is 11.0. The van der Waals surface area contributed by atoms with Crippen molar-refractivity contribution in [2.75, 3.05) is 5.32 Å². The number of aryl methyl sites for hydroxylation is 1. The maximum absolute atomic E-state index is 12.5. The molecule has 3 rings (SSSR count). The van der Waals surface area contributed by atoms with E-state index in [4.69, 9.17) is 11.6 Å². The second-order valence-electron chi connectivity index (χ2n) is 4.41. The molecule has 7 heteroatoms. The van der Waals surface area contributed by atoms with Gasteiger partial charge in [0, 0.05) is 17.2 Å². The zero-order chi connectivity index (χ0) is 15.0. The maximum atomic E-state index is 12.5. The fourth-order valence-corrected chi connectivity index (χ4v) is 3.48. The standard InChI is InChI=1S/C14H11BrClN3OS/c1-2-19-6-8(15)5-10(19)14(20)18-12-9(16)3-4-11-13(12)17-7-21-11/h3-7H,2H2,1H3,(H,18,20). The first kappa shape index (κ1) is 14.6. The van der Waals surface area contributed by atoms with Gasteiger partial charge in [-0.3, -0.25) is 4.79 Å². The summed E-state index contributed by atoms with van der Waals surface area (Å²) in [6.45, 7) is 2.69. The predicted octanol–water partition coefficient (Wildman–Crippen LogP) is 4.79. The molecule has 0 aliphatic heterocycles. The Kier molecular flexibility index (Phi) is 4.01. The molecule has 0 atom stereocenters. The molecular weight excluding hydrogens is 374 g/mol. The Morgan fingerprint density at radius 1 is 1.52 bits per heavy atom. The molecule has 0 saturated heterocycles. The third-order valence-corrected chi connectivity index (χ3v) is 4.67. The second kappa shape index (κ2) is 5.79. The van der Waals surface area contributed by atoms with Crippen LogP contribution in [0.4, 0.5) is 5.69 Å². The summed E-state index contributed by atoms with van der Waals surface area (Å²) in [7, 11) is 0. The Balaban J connectivity index is 2.00. The predicted molar refractivity (Wildman–Crippen MR) is 90.4 cm³/mol. The van der Waals surface area contributed by atoms with Crippen LogP contribution < -0.4 is 5.32 Å². The lowest BCUT2D eigenvalue weighted by Crippen LogP contribution is -2.16. The van der Waals surface area contributed by atoms with Gasteiger partial charge in [-0.15, -0.1) is 11.3 Å². The zero-order valence-corrected chi connectivity index (χ0v) is 14.2. The fourth-order valence-electron chi connectivity index (χ4n) is 2.13. The number of benzene rings is 1. The number of anilines is 1. The van der Waals surface area contributed by atoms with Crippen LogP contribution in [0, 0.1) is 0 Å². The van der Waals surface area contributed by atoms with Gasteiger partial charge in [-0.25, -0.2) is 4.98 Å². The molecule has 0 saturated carbocycles. The minimum absolute atomic E-state index is 0.204. The average Bonchev–Trinajstić information content (AvgIpc) is 3.07. The molecular formula is C14H11BrClN3OS.